The van der Waals surface area contributed by atoms with Crippen molar-refractivity contribution < 1.29 is 28.5 Å². The molecule has 2 N–H and O–H groups in total. The molecular weight excluding hydrogens is 556 g/mol. The maximum atomic E-state index is 16.7. The Balaban J connectivity index is 1.52. The van der Waals surface area contributed by atoms with Gasteiger partial charge in [-0.05, 0) is 74.8 Å². The Morgan fingerprint density at radius 1 is 1.16 bits per heavy atom. The van der Waals surface area contributed by atoms with E-state index in [1.54, 1.807) is 13.0 Å². The van der Waals surface area contributed by atoms with Crippen LogP contribution in [0.3, 0.4) is 0 Å². The van der Waals surface area contributed by atoms with E-state index < -0.39 is 17.2 Å². The lowest BCUT2D eigenvalue weighted by atomic mass is 9.94. The number of aromatic nitrogens is 3. The molecule has 1 saturated carbocycles. The highest BCUT2D eigenvalue weighted by molar-refractivity contribution is 6.01. The number of aryl methyl sites for hydroxylation is 1. The SMILES string of the molecule is CCc1c(F)ccc2cc(O)cc(-c3ncc4c(N5CCOCC(C)(O)C5)nc(OCC5(CN(C)C)CC5)nc4c3F)c12. The number of aliphatic hydroxyl groups is 1. The Morgan fingerprint density at radius 3 is 2.67 bits per heavy atom. The Hall–Kier alpha value is -3.67. The number of β-amino-alcohol motifs (C(OH)–C–C–N with tert-alkyl or cyclic N) is 1. The topological polar surface area (TPSA) is 104 Å². The number of hydrogen-bond donors (Lipinski definition) is 2. The van der Waals surface area contributed by atoms with Crippen molar-refractivity contribution in [1.82, 2.24) is 19.9 Å². The molecule has 2 fully saturated rings. The lowest BCUT2D eigenvalue weighted by Gasteiger charge is -2.29. The first-order chi connectivity index (χ1) is 20.5. The molecular formula is C32H37F2N5O4. The maximum absolute atomic E-state index is 16.7. The number of aromatic hydroxyl groups is 1. The largest absolute Gasteiger partial charge is 0.508 e. The van der Waals surface area contributed by atoms with Gasteiger partial charge in [0.2, 0.25) is 0 Å². The van der Waals surface area contributed by atoms with Crippen molar-refractivity contribution in [2.24, 2.45) is 5.41 Å². The van der Waals surface area contributed by atoms with Crippen molar-refractivity contribution >= 4 is 27.5 Å². The molecule has 9 nitrogen and oxygen atoms in total. The van der Waals surface area contributed by atoms with Gasteiger partial charge in [-0.25, -0.2) is 8.78 Å². The minimum atomic E-state index is -1.16. The van der Waals surface area contributed by atoms with Gasteiger partial charge in [0.05, 0.1) is 31.8 Å². The van der Waals surface area contributed by atoms with E-state index in [4.69, 9.17) is 14.5 Å². The van der Waals surface area contributed by atoms with E-state index in [0.717, 1.165) is 19.4 Å². The van der Waals surface area contributed by atoms with Crippen LogP contribution in [0.5, 0.6) is 11.8 Å². The van der Waals surface area contributed by atoms with Gasteiger partial charge in [0.25, 0.3) is 0 Å². The van der Waals surface area contributed by atoms with Gasteiger partial charge in [-0.2, -0.15) is 9.97 Å². The number of phenolic OH excluding ortho intramolecular Hbond substituents is 1. The van der Waals surface area contributed by atoms with Crippen LogP contribution in [0.4, 0.5) is 14.6 Å². The molecule has 0 bridgehead atoms. The van der Waals surface area contributed by atoms with E-state index in [1.165, 1.54) is 24.4 Å². The molecule has 1 saturated heterocycles. The van der Waals surface area contributed by atoms with Crippen molar-refractivity contribution in [2.75, 3.05) is 58.5 Å². The second-order valence-corrected chi connectivity index (χ2v) is 12.5. The summed E-state index contributed by atoms with van der Waals surface area (Å²) in [7, 11) is 4.03. The van der Waals surface area contributed by atoms with E-state index in [2.05, 4.69) is 14.9 Å². The standard InChI is InChI=1S/C32H37F2N5O4/c1-5-21-24(33)7-6-19-12-20(40)13-22(25(19)21)27-26(34)28-23(14-35-27)29(39-10-11-42-17-31(2,41)15-39)37-30(36-28)43-18-32(8-9-32)16-38(3)4/h6-7,12-14,40-41H,5,8-11,15-18H2,1-4H3. The first-order valence-corrected chi connectivity index (χ1v) is 14.6. The molecule has 0 radical (unpaired) electrons. The molecule has 6 rings (SSSR count). The highest BCUT2D eigenvalue weighted by Gasteiger charge is 2.44. The molecule has 43 heavy (non-hydrogen) atoms. The average molecular weight is 594 g/mol. The number of fused-ring (bicyclic) bond motifs is 2. The Morgan fingerprint density at radius 2 is 1.95 bits per heavy atom. The van der Waals surface area contributed by atoms with Gasteiger partial charge in [0.15, 0.2) is 5.82 Å². The van der Waals surface area contributed by atoms with E-state index in [1.807, 2.05) is 25.9 Å². The lowest BCUT2D eigenvalue weighted by Crippen LogP contribution is -2.42. The van der Waals surface area contributed by atoms with Crippen LogP contribution in [-0.4, -0.2) is 89.2 Å². The van der Waals surface area contributed by atoms with Crippen molar-refractivity contribution in [3.63, 3.8) is 0 Å². The third-order valence-corrected chi connectivity index (χ3v) is 8.27. The summed E-state index contributed by atoms with van der Waals surface area (Å²) in [5.41, 5.74) is -0.581. The van der Waals surface area contributed by atoms with E-state index >= 15 is 4.39 Å². The summed E-state index contributed by atoms with van der Waals surface area (Å²) < 4.78 is 43.3. The minimum Gasteiger partial charge on any atom is -0.508 e. The number of nitrogens with zero attached hydrogens (tertiary/aromatic N) is 5. The van der Waals surface area contributed by atoms with Gasteiger partial charge in [-0.3, -0.25) is 4.98 Å². The molecule has 2 aliphatic rings. The molecule has 228 valence electrons. The monoisotopic (exact) mass is 593 g/mol. The summed E-state index contributed by atoms with van der Waals surface area (Å²) >= 11 is 0. The lowest BCUT2D eigenvalue weighted by molar-refractivity contribution is -0.0123. The van der Waals surface area contributed by atoms with Crippen LogP contribution in [0.2, 0.25) is 0 Å². The highest BCUT2D eigenvalue weighted by Crippen LogP contribution is 2.46. The predicted molar refractivity (Wildman–Crippen MR) is 161 cm³/mol. The summed E-state index contributed by atoms with van der Waals surface area (Å²) in [6.07, 6.45) is 3.89. The maximum Gasteiger partial charge on any atom is 0.319 e. The summed E-state index contributed by atoms with van der Waals surface area (Å²) in [6.45, 7) is 5.84. The first-order valence-electron chi connectivity index (χ1n) is 14.6. The fourth-order valence-electron chi connectivity index (χ4n) is 6.14. The molecule has 2 aromatic heterocycles. The highest BCUT2D eigenvalue weighted by atomic mass is 19.1. The number of rotatable bonds is 8. The molecule has 4 aromatic rings. The number of ether oxygens (including phenoxy) is 2. The first kappa shape index (κ1) is 29.4. The zero-order valence-electron chi connectivity index (χ0n) is 25.0. The summed E-state index contributed by atoms with van der Waals surface area (Å²) in [6, 6.07) is 5.86. The Bertz CT molecular complexity index is 1690. The van der Waals surface area contributed by atoms with Gasteiger partial charge in [0, 0.05) is 30.3 Å². The number of pyridine rings is 1. The molecule has 0 amide bonds. The van der Waals surface area contributed by atoms with Gasteiger partial charge in [-0.1, -0.05) is 13.0 Å². The molecule has 11 heteroatoms. The van der Waals surface area contributed by atoms with Crippen molar-refractivity contribution in [1.29, 1.82) is 0 Å². The van der Waals surface area contributed by atoms with Crippen LogP contribution < -0.4 is 9.64 Å². The number of benzene rings is 2. The molecule has 0 spiro atoms. The number of phenols is 1. The number of anilines is 1. The third kappa shape index (κ3) is 5.81. The van der Waals surface area contributed by atoms with Gasteiger partial charge < -0.3 is 29.5 Å². The summed E-state index contributed by atoms with van der Waals surface area (Å²) in [5.74, 6) is -0.864. The van der Waals surface area contributed by atoms with Crippen LogP contribution in [0, 0.1) is 17.0 Å². The fourth-order valence-corrected chi connectivity index (χ4v) is 6.14. The molecule has 2 aromatic carbocycles. The second-order valence-electron chi connectivity index (χ2n) is 12.5. The second kappa shape index (κ2) is 11.1. The quantitative estimate of drug-likeness (QED) is 0.301. The van der Waals surface area contributed by atoms with Crippen LogP contribution in [-0.2, 0) is 11.2 Å². The van der Waals surface area contributed by atoms with E-state index in [-0.39, 0.29) is 47.1 Å². The van der Waals surface area contributed by atoms with Gasteiger partial charge in [-0.15, -0.1) is 0 Å². The molecule has 1 atom stereocenters. The van der Waals surface area contributed by atoms with Crippen molar-refractivity contribution in [3.8, 4) is 23.0 Å². The van der Waals surface area contributed by atoms with E-state index in [0.29, 0.717) is 53.7 Å². The zero-order valence-corrected chi connectivity index (χ0v) is 25.0. The molecule has 1 unspecified atom stereocenters. The zero-order chi connectivity index (χ0) is 30.5. The van der Waals surface area contributed by atoms with Crippen LogP contribution >= 0.6 is 0 Å². The van der Waals surface area contributed by atoms with Crippen molar-refractivity contribution in [2.45, 2.75) is 38.7 Å². The minimum absolute atomic E-state index is 0.00878. The van der Waals surface area contributed by atoms with Gasteiger partial charge >= 0.3 is 6.01 Å². The van der Waals surface area contributed by atoms with Gasteiger partial charge in [0.1, 0.15) is 34.2 Å². The number of halogens is 2. The summed E-state index contributed by atoms with van der Waals surface area (Å²) in [5, 5.41) is 22.8. The summed E-state index contributed by atoms with van der Waals surface area (Å²) in [4.78, 5) is 17.7. The van der Waals surface area contributed by atoms with Crippen LogP contribution in [0.25, 0.3) is 32.9 Å². The normalized spacial score (nSPS) is 20.1. The van der Waals surface area contributed by atoms with Crippen molar-refractivity contribution in [3.05, 3.63) is 47.7 Å². The Labute approximate surface area is 249 Å². The Kier molecular flexibility index (Phi) is 7.60. The smallest absolute Gasteiger partial charge is 0.319 e. The average Bonchev–Trinajstić information content (AvgIpc) is 3.74. The fraction of sp³-hybridized carbons (Fsp3) is 0.469. The number of hydrogen-bond acceptors (Lipinski definition) is 9. The molecule has 1 aliphatic heterocycles. The predicted octanol–water partition coefficient (Wildman–Crippen LogP) is 4.70. The molecule has 3 heterocycles. The van der Waals surface area contributed by atoms with Crippen LogP contribution in [0.1, 0.15) is 32.3 Å². The third-order valence-electron chi connectivity index (χ3n) is 8.27. The van der Waals surface area contributed by atoms with Crippen LogP contribution in [0.15, 0.2) is 30.5 Å². The molecule has 1 aliphatic carbocycles. The van der Waals surface area contributed by atoms with E-state index in [9.17, 15) is 14.6 Å².